The molecule has 0 saturated carbocycles. The molecule has 27 heavy (non-hydrogen) atoms. The average molecular weight is 387 g/mol. The summed E-state index contributed by atoms with van der Waals surface area (Å²) in [5.41, 5.74) is 1.10. The van der Waals surface area contributed by atoms with Crippen LogP contribution in [0, 0.1) is 10.1 Å². The highest BCUT2D eigenvalue weighted by molar-refractivity contribution is 8.00. The number of ether oxygens (including phenoxy) is 1. The first-order chi connectivity index (χ1) is 13.1. The summed E-state index contributed by atoms with van der Waals surface area (Å²) in [7, 11) is 1.66. The first-order valence-corrected chi connectivity index (χ1v) is 9.60. The number of para-hydroxylation sites is 2. The summed E-state index contributed by atoms with van der Waals surface area (Å²) in [5, 5.41) is 10.7. The molecule has 0 bridgehead atoms. The van der Waals surface area contributed by atoms with Crippen molar-refractivity contribution in [1.82, 2.24) is 4.90 Å². The number of rotatable bonds is 6. The molecule has 1 saturated heterocycles. The molecule has 7 nitrogen and oxygen atoms in total. The molecule has 1 amide bonds. The summed E-state index contributed by atoms with van der Waals surface area (Å²) >= 11 is 1.40. The van der Waals surface area contributed by atoms with E-state index in [2.05, 4.69) is 4.90 Å². The Morgan fingerprint density at radius 1 is 1.11 bits per heavy atom. The van der Waals surface area contributed by atoms with Crippen LogP contribution in [0.15, 0.2) is 53.4 Å². The Bertz CT molecular complexity index is 805. The lowest BCUT2D eigenvalue weighted by molar-refractivity contribution is -0.384. The summed E-state index contributed by atoms with van der Waals surface area (Å²) in [6.45, 7) is 2.85. The van der Waals surface area contributed by atoms with Crippen molar-refractivity contribution in [2.24, 2.45) is 0 Å². The van der Waals surface area contributed by atoms with Crippen LogP contribution < -0.4 is 9.64 Å². The lowest BCUT2D eigenvalue weighted by Gasteiger charge is -2.36. The number of carbonyl (C=O) groups is 1. The number of amides is 1. The fourth-order valence-electron chi connectivity index (χ4n) is 2.99. The number of hydrogen-bond acceptors (Lipinski definition) is 6. The Kier molecular flexibility index (Phi) is 6.18. The molecule has 0 spiro atoms. The smallest absolute Gasteiger partial charge is 0.269 e. The number of thioether (sulfide) groups is 1. The Morgan fingerprint density at radius 2 is 1.78 bits per heavy atom. The third kappa shape index (κ3) is 4.71. The minimum Gasteiger partial charge on any atom is -0.495 e. The van der Waals surface area contributed by atoms with E-state index in [1.54, 1.807) is 19.2 Å². The zero-order chi connectivity index (χ0) is 19.2. The summed E-state index contributed by atoms with van der Waals surface area (Å²) in [5.74, 6) is 1.25. The Morgan fingerprint density at radius 3 is 2.41 bits per heavy atom. The molecule has 0 aromatic heterocycles. The van der Waals surface area contributed by atoms with E-state index in [1.807, 2.05) is 29.2 Å². The van der Waals surface area contributed by atoms with Crippen LogP contribution in [0.1, 0.15) is 0 Å². The number of hydrogen-bond donors (Lipinski definition) is 0. The molecule has 1 heterocycles. The lowest BCUT2D eigenvalue weighted by Crippen LogP contribution is -2.49. The van der Waals surface area contributed by atoms with Gasteiger partial charge >= 0.3 is 0 Å². The molecule has 0 radical (unpaired) electrons. The summed E-state index contributed by atoms with van der Waals surface area (Å²) < 4.78 is 5.42. The minimum absolute atomic E-state index is 0.0538. The second kappa shape index (κ2) is 8.77. The van der Waals surface area contributed by atoms with Crippen molar-refractivity contribution in [3.8, 4) is 5.75 Å². The molecule has 0 N–H and O–H groups in total. The van der Waals surface area contributed by atoms with E-state index in [9.17, 15) is 14.9 Å². The van der Waals surface area contributed by atoms with Gasteiger partial charge in [0.25, 0.3) is 5.69 Å². The van der Waals surface area contributed by atoms with Gasteiger partial charge in [-0.2, -0.15) is 0 Å². The lowest BCUT2D eigenvalue weighted by atomic mass is 10.2. The van der Waals surface area contributed by atoms with Crippen LogP contribution in [0.5, 0.6) is 5.75 Å². The van der Waals surface area contributed by atoms with E-state index in [0.29, 0.717) is 18.8 Å². The van der Waals surface area contributed by atoms with E-state index in [0.717, 1.165) is 29.4 Å². The van der Waals surface area contributed by atoms with Gasteiger partial charge in [0, 0.05) is 43.2 Å². The first kappa shape index (κ1) is 19.0. The van der Waals surface area contributed by atoms with Crippen molar-refractivity contribution in [2.75, 3.05) is 43.9 Å². The topological polar surface area (TPSA) is 75.9 Å². The molecule has 2 aromatic rings. The molecular formula is C19H21N3O4S. The number of nitrogens with zero attached hydrogens (tertiary/aromatic N) is 3. The molecule has 0 aliphatic carbocycles. The second-order valence-electron chi connectivity index (χ2n) is 6.08. The van der Waals surface area contributed by atoms with E-state index in [1.165, 1.54) is 23.9 Å². The number of benzene rings is 2. The molecule has 3 rings (SSSR count). The molecule has 1 aliphatic heterocycles. The fraction of sp³-hybridized carbons (Fsp3) is 0.316. The normalized spacial score (nSPS) is 14.1. The maximum atomic E-state index is 12.5. The van der Waals surface area contributed by atoms with Gasteiger partial charge < -0.3 is 14.5 Å². The maximum absolute atomic E-state index is 12.5. The number of methoxy groups -OCH3 is 1. The third-order valence-corrected chi connectivity index (χ3v) is 5.46. The number of carbonyl (C=O) groups excluding carboxylic acids is 1. The van der Waals surface area contributed by atoms with E-state index < -0.39 is 4.92 Å². The second-order valence-corrected chi connectivity index (χ2v) is 7.13. The Hall–Kier alpha value is -2.74. The predicted molar refractivity (Wildman–Crippen MR) is 106 cm³/mol. The fourth-order valence-corrected chi connectivity index (χ4v) is 3.79. The molecule has 2 aromatic carbocycles. The van der Waals surface area contributed by atoms with Gasteiger partial charge in [-0.15, -0.1) is 11.8 Å². The quantitative estimate of drug-likeness (QED) is 0.431. The van der Waals surface area contributed by atoms with Gasteiger partial charge in [0.05, 0.1) is 23.5 Å². The molecule has 8 heteroatoms. The molecule has 1 aliphatic rings. The molecule has 0 atom stereocenters. The van der Waals surface area contributed by atoms with Gasteiger partial charge in [0.2, 0.25) is 5.91 Å². The van der Waals surface area contributed by atoms with Crippen LogP contribution in [-0.2, 0) is 4.79 Å². The minimum atomic E-state index is -0.430. The first-order valence-electron chi connectivity index (χ1n) is 8.61. The van der Waals surface area contributed by atoms with Gasteiger partial charge in [-0.25, -0.2) is 0 Å². The van der Waals surface area contributed by atoms with E-state index >= 15 is 0 Å². The van der Waals surface area contributed by atoms with E-state index in [4.69, 9.17) is 4.74 Å². The Labute approximate surface area is 162 Å². The largest absolute Gasteiger partial charge is 0.495 e. The summed E-state index contributed by atoms with van der Waals surface area (Å²) in [4.78, 5) is 27.7. The van der Waals surface area contributed by atoms with Crippen LogP contribution in [-0.4, -0.2) is 54.8 Å². The van der Waals surface area contributed by atoms with Crippen LogP contribution >= 0.6 is 11.8 Å². The standard InChI is InChI=1S/C19H21N3O4S/c1-26-18-5-3-2-4-17(18)20-10-12-21(13-11-20)19(23)14-27-16-8-6-15(7-9-16)22(24)25/h2-9H,10-14H2,1H3. The molecule has 0 unspecified atom stereocenters. The van der Waals surface area contributed by atoms with Gasteiger partial charge in [-0.3, -0.25) is 14.9 Å². The molecular weight excluding hydrogens is 366 g/mol. The highest BCUT2D eigenvalue weighted by atomic mass is 32.2. The van der Waals surface area contributed by atoms with E-state index in [-0.39, 0.29) is 11.6 Å². The van der Waals surface area contributed by atoms with Gasteiger partial charge in [0.15, 0.2) is 0 Å². The SMILES string of the molecule is COc1ccccc1N1CCN(C(=O)CSc2ccc([N+](=O)[O-])cc2)CC1. The van der Waals surface area contributed by atoms with Crippen LogP contribution in [0.2, 0.25) is 0 Å². The van der Waals surface area contributed by atoms with Crippen molar-refractivity contribution in [3.05, 3.63) is 58.6 Å². The monoisotopic (exact) mass is 387 g/mol. The van der Waals surface area contributed by atoms with Crippen LogP contribution in [0.4, 0.5) is 11.4 Å². The number of nitro benzene ring substituents is 1. The Balaban J connectivity index is 1.50. The van der Waals surface area contributed by atoms with Gasteiger partial charge in [-0.1, -0.05) is 12.1 Å². The average Bonchev–Trinajstić information content (AvgIpc) is 2.72. The number of non-ortho nitro benzene ring substituents is 1. The third-order valence-electron chi connectivity index (χ3n) is 4.47. The number of nitro groups is 1. The van der Waals surface area contributed by atoms with Crippen molar-refractivity contribution < 1.29 is 14.5 Å². The zero-order valence-electron chi connectivity index (χ0n) is 15.0. The van der Waals surface area contributed by atoms with Gasteiger partial charge in [0.1, 0.15) is 5.75 Å². The zero-order valence-corrected chi connectivity index (χ0v) is 15.9. The van der Waals surface area contributed by atoms with Crippen molar-refractivity contribution in [3.63, 3.8) is 0 Å². The number of piperazine rings is 1. The summed E-state index contributed by atoms with van der Waals surface area (Å²) in [6, 6.07) is 14.2. The van der Waals surface area contributed by atoms with Crippen LogP contribution in [0.3, 0.4) is 0 Å². The maximum Gasteiger partial charge on any atom is 0.269 e. The van der Waals surface area contributed by atoms with Crippen molar-refractivity contribution in [2.45, 2.75) is 4.90 Å². The van der Waals surface area contributed by atoms with Crippen LogP contribution in [0.25, 0.3) is 0 Å². The highest BCUT2D eigenvalue weighted by Gasteiger charge is 2.22. The number of anilines is 1. The summed E-state index contributed by atoms with van der Waals surface area (Å²) in [6.07, 6.45) is 0. The molecule has 1 fully saturated rings. The molecule has 142 valence electrons. The highest BCUT2D eigenvalue weighted by Crippen LogP contribution is 2.28. The predicted octanol–water partition coefficient (Wildman–Crippen LogP) is 3.04. The van der Waals surface area contributed by atoms with Crippen molar-refractivity contribution >= 4 is 29.0 Å². The van der Waals surface area contributed by atoms with Crippen molar-refractivity contribution in [1.29, 1.82) is 0 Å². The van der Waals surface area contributed by atoms with Gasteiger partial charge in [-0.05, 0) is 24.3 Å².